The average Bonchev–Trinajstić information content (AvgIpc) is 3.30. The quantitative estimate of drug-likeness (QED) is 0.323. The topological polar surface area (TPSA) is 80.0 Å². The molecule has 0 aliphatic carbocycles. The second kappa shape index (κ2) is 12.9. The predicted octanol–water partition coefficient (Wildman–Crippen LogP) is 2.04. The maximum absolute atomic E-state index is 5.55. The van der Waals surface area contributed by atoms with E-state index in [-0.39, 0.29) is 0 Å². The molecule has 2 heterocycles. The molecule has 0 unspecified atom stereocenters. The van der Waals surface area contributed by atoms with Crippen LogP contribution < -0.4 is 15.0 Å². The molecule has 0 saturated carbocycles. The fourth-order valence-corrected chi connectivity index (χ4v) is 3.84. The molecule has 0 bridgehead atoms. The Morgan fingerprint density at radius 3 is 2.72 bits per heavy atom. The van der Waals surface area contributed by atoms with Crippen molar-refractivity contribution in [2.45, 2.75) is 33.2 Å². The standard InChI is InChI=1S/C23H37N7O2/c1-4-22-27-26-19-30(22)13-12-25-23(24-11-8-18-32-5-2)29-16-14-28(15-17-29)20-9-6-7-10-21(20)31-3/h6-7,9-10,19H,4-5,8,11-18H2,1-3H3,(H,24,25). The third-order valence-corrected chi connectivity index (χ3v) is 5.57. The average molecular weight is 444 g/mol. The number of hydrogen-bond acceptors (Lipinski definition) is 6. The molecule has 2 aromatic rings. The van der Waals surface area contributed by atoms with Crippen LogP contribution in [0.1, 0.15) is 26.1 Å². The van der Waals surface area contributed by atoms with E-state index in [9.17, 15) is 0 Å². The summed E-state index contributed by atoms with van der Waals surface area (Å²) in [6.45, 7) is 11.6. The highest BCUT2D eigenvalue weighted by atomic mass is 16.5. The number of benzene rings is 1. The van der Waals surface area contributed by atoms with Gasteiger partial charge in [-0.2, -0.15) is 0 Å². The number of rotatable bonds is 11. The molecule has 1 aromatic heterocycles. The Labute approximate surface area is 191 Å². The minimum Gasteiger partial charge on any atom is -0.495 e. The molecular weight excluding hydrogens is 406 g/mol. The van der Waals surface area contributed by atoms with Gasteiger partial charge in [0.2, 0.25) is 0 Å². The van der Waals surface area contributed by atoms with Crippen molar-refractivity contribution in [2.24, 2.45) is 4.99 Å². The number of aromatic nitrogens is 3. The highest BCUT2D eigenvalue weighted by Gasteiger charge is 2.21. The van der Waals surface area contributed by atoms with Crippen molar-refractivity contribution in [3.63, 3.8) is 0 Å². The van der Waals surface area contributed by atoms with Crippen molar-refractivity contribution < 1.29 is 9.47 Å². The van der Waals surface area contributed by atoms with Crippen molar-refractivity contribution in [1.29, 1.82) is 0 Å². The highest BCUT2D eigenvalue weighted by Crippen LogP contribution is 2.28. The first-order chi connectivity index (χ1) is 15.8. The Hall–Kier alpha value is -2.81. The van der Waals surface area contributed by atoms with Gasteiger partial charge in [-0.05, 0) is 25.5 Å². The summed E-state index contributed by atoms with van der Waals surface area (Å²) in [4.78, 5) is 9.61. The molecule has 176 valence electrons. The van der Waals surface area contributed by atoms with Gasteiger partial charge in [0.1, 0.15) is 17.9 Å². The lowest BCUT2D eigenvalue weighted by Crippen LogP contribution is -2.53. The van der Waals surface area contributed by atoms with Gasteiger partial charge < -0.3 is 29.2 Å². The summed E-state index contributed by atoms with van der Waals surface area (Å²) in [7, 11) is 1.73. The Balaban J connectivity index is 1.58. The van der Waals surface area contributed by atoms with E-state index in [2.05, 4.69) is 48.9 Å². The molecule has 9 heteroatoms. The van der Waals surface area contributed by atoms with Gasteiger partial charge in [-0.3, -0.25) is 4.99 Å². The minimum atomic E-state index is 0.745. The van der Waals surface area contributed by atoms with E-state index in [0.29, 0.717) is 0 Å². The van der Waals surface area contributed by atoms with E-state index in [0.717, 1.165) is 95.1 Å². The normalized spacial score (nSPS) is 14.7. The zero-order chi connectivity index (χ0) is 22.6. The molecule has 9 nitrogen and oxygen atoms in total. The summed E-state index contributed by atoms with van der Waals surface area (Å²) >= 11 is 0. The molecule has 0 amide bonds. The Bertz CT molecular complexity index is 831. The minimum absolute atomic E-state index is 0.745. The number of guanidine groups is 1. The van der Waals surface area contributed by atoms with E-state index < -0.39 is 0 Å². The van der Waals surface area contributed by atoms with E-state index in [1.807, 2.05) is 19.1 Å². The van der Waals surface area contributed by atoms with Crippen LogP contribution in [0.3, 0.4) is 0 Å². The summed E-state index contributed by atoms with van der Waals surface area (Å²) in [5.74, 6) is 2.89. The third-order valence-electron chi connectivity index (χ3n) is 5.57. The maximum atomic E-state index is 5.55. The molecular formula is C23H37N7O2. The van der Waals surface area contributed by atoms with Crippen molar-refractivity contribution in [3.05, 3.63) is 36.4 Å². The molecule has 0 spiro atoms. The van der Waals surface area contributed by atoms with Crippen LogP contribution in [0.5, 0.6) is 5.75 Å². The van der Waals surface area contributed by atoms with E-state index >= 15 is 0 Å². The lowest BCUT2D eigenvalue weighted by molar-refractivity contribution is 0.146. The first kappa shape index (κ1) is 23.8. The van der Waals surface area contributed by atoms with Crippen molar-refractivity contribution in [2.75, 3.05) is 64.5 Å². The van der Waals surface area contributed by atoms with Gasteiger partial charge in [-0.15, -0.1) is 10.2 Å². The number of para-hydroxylation sites is 2. The summed E-state index contributed by atoms with van der Waals surface area (Å²) in [6.07, 6.45) is 3.60. The van der Waals surface area contributed by atoms with Gasteiger partial charge in [-0.1, -0.05) is 19.1 Å². The van der Waals surface area contributed by atoms with Gasteiger partial charge in [0.05, 0.1) is 12.8 Å². The number of aryl methyl sites for hydroxylation is 1. The largest absolute Gasteiger partial charge is 0.495 e. The number of nitrogens with zero attached hydrogens (tertiary/aromatic N) is 6. The third kappa shape index (κ3) is 6.59. The maximum Gasteiger partial charge on any atom is 0.194 e. The second-order valence-corrected chi connectivity index (χ2v) is 7.62. The van der Waals surface area contributed by atoms with Gasteiger partial charge in [-0.25, -0.2) is 0 Å². The smallest absolute Gasteiger partial charge is 0.194 e. The van der Waals surface area contributed by atoms with Crippen LogP contribution in [0.25, 0.3) is 0 Å². The van der Waals surface area contributed by atoms with Crippen LogP contribution in [0.15, 0.2) is 35.6 Å². The van der Waals surface area contributed by atoms with Crippen LogP contribution in [-0.2, 0) is 17.7 Å². The highest BCUT2D eigenvalue weighted by molar-refractivity contribution is 5.80. The molecule has 1 fully saturated rings. The summed E-state index contributed by atoms with van der Waals surface area (Å²) in [6, 6.07) is 8.21. The Kier molecular flexibility index (Phi) is 9.61. The molecule has 32 heavy (non-hydrogen) atoms. The lowest BCUT2D eigenvalue weighted by atomic mass is 10.2. The van der Waals surface area contributed by atoms with Crippen molar-refractivity contribution in [1.82, 2.24) is 25.0 Å². The monoisotopic (exact) mass is 443 g/mol. The number of piperazine rings is 1. The number of methoxy groups -OCH3 is 1. The number of nitrogens with one attached hydrogen (secondary N) is 1. The van der Waals surface area contributed by atoms with Gasteiger partial charge in [0.25, 0.3) is 0 Å². The predicted molar refractivity (Wildman–Crippen MR) is 128 cm³/mol. The SMILES string of the molecule is CCOCCCN=C(NCCn1cnnc1CC)N1CCN(c2ccccc2OC)CC1. The molecule has 1 N–H and O–H groups in total. The second-order valence-electron chi connectivity index (χ2n) is 7.62. The van der Waals surface area contributed by atoms with Gasteiger partial charge in [0.15, 0.2) is 5.96 Å². The zero-order valence-electron chi connectivity index (χ0n) is 19.7. The van der Waals surface area contributed by atoms with Gasteiger partial charge >= 0.3 is 0 Å². The van der Waals surface area contributed by atoms with Crippen molar-refractivity contribution in [3.8, 4) is 5.75 Å². The van der Waals surface area contributed by atoms with Crippen LogP contribution in [0.2, 0.25) is 0 Å². The molecule has 1 aliphatic rings. The number of aliphatic imine (C=N–C) groups is 1. The molecule has 3 rings (SSSR count). The lowest BCUT2D eigenvalue weighted by Gasteiger charge is -2.38. The first-order valence-corrected chi connectivity index (χ1v) is 11.6. The van der Waals surface area contributed by atoms with E-state index in [1.54, 1.807) is 13.4 Å². The molecule has 0 atom stereocenters. The Morgan fingerprint density at radius 1 is 1.16 bits per heavy atom. The molecule has 1 aliphatic heterocycles. The van der Waals surface area contributed by atoms with E-state index in [4.69, 9.17) is 14.5 Å². The summed E-state index contributed by atoms with van der Waals surface area (Å²) in [5, 5.41) is 11.8. The van der Waals surface area contributed by atoms with Crippen LogP contribution in [0, 0.1) is 0 Å². The fraction of sp³-hybridized carbons (Fsp3) is 0.609. The fourth-order valence-electron chi connectivity index (χ4n) is 3.84. The van der Waals surface area contributed by atoms with Crippen molar-refractivity contribution >= 4 is 11.6 Å². The first-order valence-electron chi connectivity index (χ1n) is 11.6. The summed E-state index contributed by atoms with van der Waals surface area (Å²) in [5.41, 5.74) is 1.15. The number of hydrogen-bond donors (Lipinski definition) is 1. The van der Waals surface area contributed by atoms with E-state index in [1.165, 1.54) is 0 Å². The zero-order valence-corrected chi connectivity index (χ0v) is 19.7. The number of anilines is 1. The van der Waals surface area contributed by atoms with Crippen LogP contribution in [0.4, 0.5) is 5.69 Å². The van der Waals surface area contributed by atoms with Crippen LogP contribution >= 0.6 is 0 Å². The molecule has 1 aromatic carbocycles. The number of ether oxygens (including phenoxy) is 2. The molecule has 1 saturated heterocycles. The van der Waals surface area contributed by atoms with Gasteiger partial charge in [0, 0.05) is 65.4 Å². The Morgan fingerprint density at radius 2 is 1.97 bits per heavy atom. The molecule has 0 radical (unpaired) electrons. The van der Waals surface area contributed by atoms with Crippen LogP contribution in [-0.4, -0.2) is 85.2 Å². The summed E-state index contributed by atoms with van der Waals surface area (Å²) < 4.78 is 13.1.